The first-order chi connectivity index (χ1) is 7.36. The minimum Gasteiger partial charge on any atom is -0.393 e. The number of rotatable bonds is 4. The summed E-state index contributed by atoms with van der Waals surface area (Å²) in [7, 11) is 0. The SMILES string of the molecule is OC1CCCC1CNCC1CCCCC1. The Bertz CT molecular complexity index is 177. The fourth-order valence-electron chi connectivity index (χ4n) is 3.12. The smallest absolute Gasteiger partial charge is 0.0580 e. The van der Waals surface area contributed by atoms with Gasteiger partial charge in [-0.25, -0.2) is 0 Å². The van der Waals surface area contributed by atoms with Gasteiger partial charge in [-0.1, -0.05) is 25.7 Å². The fourth-order valence-corrected chi connectivity index (χ4v) is 3.12. The highest BCUT2D eigenvalue weighted by atomic mass is 16.3. The van der Waals surface area contributed by atoms with Gasteiger partial charge >= 0.3 is 0 Å². The van der Waals surface area contributed by atoms with Gasteiger partial charge in [0.05, 0.1) is 6.10 Å². The van der Waals surface area contributed by atoms with Gasteiger partial charge in [0.1, 0.15) is 0 Å². The van der Waals surface area contributed by atoms with Crippen LogP contribution < -0.4 is 5.32 Å². The highest BCUT2D eigenvalue weighted by Gasteiger charge is 2.24. The van der Waals surface area contributed by atoms with Crippen molar-refractivity contribution in [3.63, 3.8) is 0 Å². The monoisotopic (exact) mass is 211 g/mol. The van der Waals surface area contributed by atoms with E-state index in [4.69, 9.17) is 0 Å². The largest absolute Gasteiger partial charge is 0.393 e. The molecule has 2 atom stereocenters. The summed E-state index contributed by atoms with van der Waals surface area (Å²) in [5.41, 5.74) is 0. The van der Waals surface area contributed by atoms with E-state index in [1.165, 1.54) is 51.5 Å². The van der Waals surface area contributed by atoms with Crippen molar-refractivity contribution in [1.82, 2.24) is 5.32 Å². The summed E-state index contributed by atoms with van der Waals surface area (Å²) >= 11 is 0. The van der Waals surface area contributed by atoms with Crippen molar-refractivity contribution in [3.05, 3.63) is 0 Å². The average molecular weight is 211 g/mol. The first kappa shape index (κ1) is 11.4. The molecule has 0 aromatic carbocycles. The van der Waals surface area contributed by atoms with Crippen molar-refractivity contribution < 1.29 is 5.11 Å². The van der Waals surface area contributed by atoms with E-state index in [1.54, 1.807) is 0 Å². The molecule has 2 nitrogen and oxygen atoms in total. The van der Waals surface area contributed by atoms with Crippen LogP contribution in [0.5, 0.6) is 0 Å². The molecule has 2 aliphatic carbocycles. The second-order valence-electron chi connectivity index (χ2n) is 5.42. The molecule has 0 spiro atoms. The van der Waals surface area contributed by atoms with Gasteiger partial charge in [-0.05, 0) is 44.1 Å². The van der Waals surface area contributed by atoms with Crippen molar-refractivity contribution in [1.29, 1.82) is 0 Å². The predicted octanol–water partition coefficient (Wildman–Crippen LogP) is 2.32. The molecule has 0 heterocycles. The van der Waals surface area contributed by atoms with Gasteiger partial charge < -0.3 is 10.4 Å². The number of nitrogens with one attached hydrogen (secondary N) is 1. The Morgan fingerprint density at radius 1 is 0.867 bits per heavy atom. The van der Waals surface area contributed by atoms with Crippen molar-refractivity contribution in [2.75, 3.05) is 13.1 Å². The zero-order valence-electron chi connectivity index (χ0n) is 9.75. The van der Waals surface area contributed by atoms with Crippen LogP contribution in [0.4, 0.5) is 0 Å². The molecule has 2 heteroatoms. The van der Waals surface area contributed by atoms with Gasteiger partial charge in [-0.3, -0.25) is 0 Å². The maximum Gasteiger partial charge on any atom is 0.0580 e. The van der Waals surface area contributed by atoms with E-state index in [-0.39, 0.29) is 6.10 Å². The topological polar surface area (TPSA) is 32.3 Å². The Balaban J connectivity index is 1.57. The van der Waals surface area contributed by atoms with Crippen LogP contribution in [0, 0.1) is 11.8 Å². The van der Waals surface area contributed by atoms with Crippen molar-refractivity contribution in [3.8, 4) is 0 Å². The Labute approximate surface area is 93.5 Å². The molecule has 0 aliphatic heterocycles. The van der Waals surface area contributed by atoms with E-state index in [0.717, 1.165) is 18.9 Å². The van der Waals surface area contributed by atoms with E-state index < -0.39 is 0 Å². The predicted molar refractivity (Wildman–Crippen MR) is 62.8 cm³/mol. The first-order valence-corrected chi connectivity index (χ1v) is 6.75. The Kier molecular flexibility index (Phi) is 4.45. The summed E-state index contributed by atoms with van der Waals surface area (Å²) in [5, 5.41) is 13.3. The summed E-state index contributed by atoms with van der Waals surface area (Å²) < 4.78 is 0. The molecule has 2 rings (SSSR count). The third kappa shape index (κ3) is 3.46. The minimum absolute atomic E-state index is 0.0242. The lowest BCUT2D eigenvalue weighted by Crippen LogP contribution is -2.32. The first-order valence-electron chi connectivity index (χ1n) is 6.75. The molecule has 15 heavy (non-hydrogen) atoms. The van der Waals surface area contributed by atoms with E-state index in [0.29, 0.717) is 5.92 Å². The molecule has 0 radical (unpaired) electrons. The molecule has 2 saturated carbocycles. The van der Waals surface area contributed by atoms with Crippen LogP contribution in [0.3, 0.4) is 0 Å². The van der Waals surface area contributed by atoms with Gasteiger partial charge in [0, 0.05) is 6.54 Å². The van der Waals surface area contributed by atoms with Crippen LogP contribution in [-0.2, 0) is 0 Å². The Morgan fingerprint density at radius 3 is 2.33 bits per heavy atom. The maximum atomic E-state index is 9.69. The molecule has 0 bridgehead atoms. The lowest BCUT2D eigenvalue weighted by Gasteiger charge is -2.23. The zero-order valence-corrected chi connectivity index (χ0v) is 9.75. The molecule has 2 N–H and O–H groups in total. The molecule has 0 saturated heterocycles. The normalized spacial score (nSPS) is 33.4. The minimum atomic E-state index is -0.0242. The number of hydrogen-bond acceptors (Lipinski definition) is 2. The van der Waals surface area contributed by atoms with Crippen LogP contribution >= 0.6 is 0 Å². The number of aliphatic hydroxyl groups excluding tert-OH is 1. The highest BCUT2D eigenvalue weighted by molar-refractivity contribution is 4.79. The molecule has 0 amide bonds. The summed E-state index contributed by atoms with van der Waals surface area (Å²) in [6.07, 6.45) is 10.6. The Hall–Kier alpha value is -0.0800. The molecule has 0 aromatic rings. The second kappa shape index (κ2) is 5.86. The van der Waals surface area contributed by atoms with Crippen molar-refractivity contribution in [2.24, 2.45) is 11.8 Å². The third-order valence-corrected chi connectivity index (χ3v) is 4.18. The lowest BCUT2D eigenvalue weighted by molar-refractivity contribution is 0.130. The van der Waals surface area contributed by atoms with Gasteiger partial charge in [-0.15, -0.1) is 0 Å². The molecule has 2 aliphatic rings. The summed E-state index contributed by atoms with van der Waals surface area (Å²) in [6, 6.07) is 0. The molecular weight excluding hydrogens is 186 g/mol. The summed E-state index contributed by atoms with van der Waals surface area (Å²) in [4.78, 5) is 0. The third-order valence-electron chi connectivity index (χ3n) is 4.18. The van der Waals surface area contributed by atoms with Gasteiger partial charge in [-0.2, -0.15) is 0 Å². The average Bonchev–Trinajstić information content (AvgIpc) is 2.66. The van der Waals surface area contributed by atoms with E-state index in [1.807, 2.05) is 0 Å². The second-order valence-corrected chi connectivity index (χ2v) is 5.42. The fraction of sp³-hybridized carbons (Fsp3) is 1.00. The van der Waals surface area contributed by atoms with E-state index >= 15 is 0 Å². The van der Waals surface area contributed by atoms with E-state index in [9.17, 15) is 5.11 Å². The van der Waals surface area contributed by atoms with Crippen LogP contribution in [0.15, 0.2) is 0 Å². The molecular formula is C13H25NO. The lowest BCUT2D eigenvalue weighted by atomic mass is 9.89. The standard InChI is InChI=1S/C13H25NO/c15-13-8-4-7-12(13)10-14-9-11-5-2-1-3-6-11/h11-15H,1-10H2. The summed E-state index contributed by atoms with van der Waals surface area (Å²) in [5.74, 6) is 1.45. The van der Waals surface area contributed by atoms with Crippen LogP contribution in [0.25, 0.3) is 0 Å². The Morgan fingerprint density at radius 2 is 1.67 bits per heavy atom. The quantitative estimate of drug-likeness (QED) is 0.748. The van der Waals surface area contributed by atoms with Gasteiger partial charge in [0.15, 0.2) is 0 Å². The molecule has 0 aromatic heterocycles. The highest BCUT2D eigenvalue weighted by Crippen LogP contribution is 2.25. The van der Waals surface area contributed by atoms with Gasteiger partial charge in [0.25, 0.3) is 0 Å². The number of aliphatic hydroxyl groups is 1. The molecule has 2 fully saturated rings. The maximum absolute atomic E-state index is 9.69. The van der Waals surface area contributed by atoms with Crippen LogP contribution in [0.1, 0.15) is 51.4 Å². The summed E-state index contributed by atoms with van der Waals surface area (Å²) in [6.45, 7) is 2.22. The van der Waals surface area contributed by atoms with Crippen molar-refractivity contribution >= 4 is 0 Å². The van der Waals surface area contributed by atoms with Crippen molar-refractivity contribution in [2.45, 2.75) is 57.5 Å². The van der Waals surface area contributed by atoms with Crippen LogP contribution in [0.2, 0.25) is 0 Å². The molecule has 2 unspecified atom stereocenters. The number of hydrogen-bond donors (Lipinski definition) is 2. The van der Waals surface area contributed by atoms with Crippen LogP contribution in [-0.4, -0.2) is 24.3 Å². The zero-order chi connectivity index (χ0) is 10.5. The molecule has 88 valence electrons. The van der Waals surface area contributed by atoms with Gasteiger partial charge in [0.2, 0.25) is 0 Å². The van der Waals surface area contributed by atoms with E-state index in [2.05, 4.69) is 5.32 Å².